The first kappa shape index (κ1) is 15.7. The van der Waals surface area contributed by atoms with E-state index in [0.717, 1.165) is 26.5 Å². The molecule has 0 atom stereocenters. The topological polar surface area (TPSA) is 59.8 Å². The monoisotopic (exact) mass is 318 g/mol. The maximum Gasteiger partial charge on any atom is 0.248 e. The second-order valence-electron chi connectivity index (χ2n) is 5.81. The van der Waals surface area contributed by atoms with Gasteiger partial charge in [0.2, 0.25) is 11.1 Å². The maximum absolute atomic E-state index is 11.2. The highest BCUT2D eigenvalue weighted by Gasteiger charge is 2.00. The summed E-state index contributed by atoms with van der Waals surface area (Å²) >= 11 is 0. The highest BCUT2D eigenvalue weighted by Crippen LogP contribution is 2.11. The van der Waals surface area contributed by atoms with Gasteiger partial charge in [0.05, 0.1) is 0 Å². The van der Waals surface area contributed by atoms with Crippen molar-refractivity contribution in [3.63, 3.8) is 0 Å². The van der Waals surface area contributed by atoms with Crippen LogP contribution >= 0.6 is 0 Å². The van der Waals surface area contributed by atoms with Gasteiger partial charge in [0.25, 0.3) is 0 Å². The Bertz CT molecular complexity index is 1070. The molecular formula is C20H18N2O2. The lowest BCUT2D eigenvalue weighted by molar-refractivity contribution is -0.577. The molecule has 4 nitrogen and oxygen atoms in total. The van der Waals surface area contributed by atoms with Gasteiger partial charge in [0.15, 0.2) is 6.20 Å². The first-order valence-corrected chi connectivity index (χ1v) is 7.71. The number of fused-ring (bicyclic) bond motifs is 2. The van der Waals surface area contributed by atoms with E-state index < -0.39 is 0 Å². The molecule has 0 fully saturated rings. The standard InChI is InChI=1S/2C10H9NO/c1-7-2-4-9-8(6-7)3-5-10(12)11-9;1-8-4-5-10-9(7-8)3-2-6-11(10)12/h2-6H,1H3,(H,11,12);2-7H,1H3. The van der Waals surface area contributed by atoms with Gasteiger partial charge in [0, 0.05) is 29.1 Å². The number of pyridine rings is 2. The molecule has 4 rings (SSSR count). The molecule has 4 aromatic rings. The first-order chi connectivity index (χ1) is 11.5. The molecule has 0 aliphatic rings. The van der Waals surface area contributed by atoms with E-state index in [9.17, 15) is 10.0 Å². The molecular weight excluding hydrogens is 300 g/mol. The molecule has 0 radical (unpaired) electrons. The fourth-order valence-corrected chi connectivity index (χ4v) is 2.59. The van der Waals surface area contributed by atoms with E-state index in [-0.39, 0.29) is 5.56 Å². The van der Waals surface area contributed by atoms with Crippen LogP contribution in [0.15, 0.2) is 71.7 Å². The highest BCUT2D eigenvalue weighted by atomic mass is 16.5. The summed E-state index contributed by atoms with van der Waals surface area (Å²) < 4.78 is 0.884. The van der Waals surface area contributed by atoms with Crippen molar-refractivity contribution in [2.75, 3.05) is 0 Å². The average Bonchev–Trinajstić information content (AvgIpc) is 2.56. The van der Waals surface area contributed by atoms with Crippen LogP contribution in [-0.2, 0) is 0 Å². The molecule has 4 heteroatoms. The number of H-pyrrole nitrogens is 1. The Morgan fingerprint density at radius 3 is 2.38 bits per heavy atom. The zero-order valence-electron chi connectivity index (χ0n) is 13.6. The Balaban J connectivity index is 0.000000141. The third-order valence-electron chi connectivity index (χ3n) is 3.80. The number of hydrogen-bond donors (Lipinski definition) is 1. The fraction of sp³-hybridized carbons (Fsp3) is 0.100. The molecule has 120 valence electrons. The van der Waals surface area contributed by atoms with Gasteiger partial charge in [-0.3, -0.25) is 4.79 Å². The quantitative estimate of drug-likeness (QED) is 0.398. The van der Waals surface area contributed by atoms with Gasteiger partial charge in [-0.1, -0.05) is 23.3 Å². The lowest BCUT2D eigenvalue weighted by Gasteiger charge is -2.00. The molecule has 24 heavy (non-hydrogen) atoms. The first-order valence-electron chi connectivity index (χ1n) is 7.71. The summed E-state index contributed by atoms with van der Waals surface area (Å²) in [5.74, 6) is 0. The van der Waals surface area contributed by atoms with Gasteiger partial charge in [-0.2, -0.15) is 4.73 Å². The zero-order valence-corrected chi connectivity index (χ0v) is 13.6. The normalized spacial score (nSPS) is 10.4. The third kappa shape index (κ3) is 3.43. The Morgan fingerprint density at radius 2 is 1.58 bits per heavy atom. The van der Waals surface area contributed by atoms with E-state index in [2.05, 4.69) is 4.98 Å². The van der Waals surface area contributed by atoms with E-state index >= 15 is 0 Å². The second-order valence-corrected chi connectivity index (χ2v) is 5.81. The van der Waals surface area contributed by atoms with Gasteiger partial charge in [-0.25, -0.2) is 0 Å². The third-order valence-corrected chi connectivity index (χ3v) is 3.80. The largest absolute Gasteiger partial charge is 0.618 e. The molecule has 0 aliphatic carbocycles. The molecule has 0 saturated heterocycles. The van der Waals surface area contributed by atoms with Crippen LogP contribution < -0.4 is 10.3 Å². The van der Waals surface area contributed by atoms with Gasteiger partial charge in [-0.15, -0.1) is 0 Å². The molecule has 2 heterocycles. The Hall–Kier alpha value is -3.14. The maximum atomic E-state index is 11.2. The Labute approximate surface area is 139 Å². The van der Waals surface area contributed by atoms with Crippen LogP contribution in [0.25, 0.3) is 21.8 Å². The van der Waals surface area contributed by atoms with Crippen LogP contribution in [0.2, 0.25) is 0 Å². The summed E-state index contributed by atoms with van der Waals surface area (Å²) in [5.41, 5.74) is 3.95. The lowest BCUT2D eigenvalue weighted by Crippen LogP contribution is -2.25. The molecule has 0 unspecified atom stereocenters. The predicted octanol–water partition coefficient (Wildman–Crippen LogP) is 3.62. The Kier molecular flexibility index (Phi) is 4.29. The van der Waals surface area contributed by atoms with Gasteiger partial charge in [-0.05, 0) is 49.6 Å². The van der Waals surface area contributed by atoms with Crippen LogP contribution in [-0.4, -0.2) is 4.98 Å². The minimum absolute atomic E-state index is 0.0497. The SMILES string of the molecule is Cc1ccc2[nH]c(=O)ccc2c1.Cc1ccc2c(ccc[n+]2[O-])c1. The van der Waals surface area contributed by atoms with Crippen LogP contribution in [0.5, 0.6) is 0 Å². The van der Waals surface area contributed by atoms with E-state index in [0.29, 0.717) is 0 Å². The summed E-state index contributed by atoms with van der Waals surface area (Å²) in [6.45, 7) is 4.05. The van der Waals surface area contributed by atoms with Crippen molar-refractivity contribution in [2.45, 2.75) is 13.8 Å². The number of nitrogens with one attached hydrogen (secondary N) is 1. The van der Waals surface area contributed by atoms with Crippen LogP contribution in [0.3, 0.4) is 0 Å². The molecule has 1 N–H and O–H groups in total. The molecule has 0 spiro atoms. The van der Waals surface area contributed by atoms with Crippen molar-refractivity contribution in [1.29, 1.82) is 0 Å². The van der Waals surface area contributed by atoms with E-state index in [1.54, 1.807) is 12.1 Å². The number of aromatic nitrogens is 2. The zero-order chi connectivity index (χ0) is 17.1. The molecule has 2 aromatic carbocycles. The summed E-state index contributed by atoms with van der Waals surface area (Å²) in [5, 5.41) is 13.3. The summed E-state index contributed by atoms with van der Waals surface area (Å²) in [7, 11) is 0. The van der Waals surface area contributed by atoms with Crippen molar-refractivity contribution in [3.05, 3.63) is 93.5 Å². The van der Waals surface area contributed by atoms with E-state index in [4.69, 9.17) is 0 Å². The number of rotatable bonds is 0. The second kappa shape index (κ2) is 6.54. The summed E-state index contributed by atoms with van der Waals surface area (Å²) in [6.07, 6.45) is 1.51. The fourth-order valence-electron chi connectivity index (χ4n) is 2.59. The van der Waals surface area contributed by atoms with Crippen molar-refractivity contribution in [2.24, 2.45) is 0 Å². The highest BCUT2D eigenvalue weighted by molar-refractivity contribution is 5.78. The lowest BCUT2D eigenvalue weighted by atomic mass is 10.1. The number of hydrogen-bond acceptors (Lipinski definition) is 2. The minimum atomic E-state index is -0.0497. The number of aromatic amines is 1. The molecule has 0 amide bonds. The smallest absolute Gasteiger partial charge is 0.248 e. The molecule has 2 aromatic heterocycles. The predicted molar refractivity (Wildman–Crippen MR) is 97.0 cm³/mol. The Morgan fingerprint density at radius 1 is 0.875 bits per heavy atom. The van der Waals surface area contributed by atoms with Crippen molar-refractivity contribution in [1.82, 2.24) is 4.98 Å². The van der Waals surface area contributed by atoms with Crippen molar-refractivity contribution in [3.8, 4) is 0 Å². The number of aryl methyl sites for hydroxylation is 2. The van der Waals surface area contributed by atoms with Crippen LogP contribution in [0.1, 0.15) is 11.1 Å². The van der Waals surface area contributed by atoms with Gasteiger partial charge in [0.1, 0.15) is 0 Å². The molecule has 0 bridgehead atoms. The number of nitrogens with zero attached hydrogens (tertiary/aromatic N) is 1. The summed E-state index contributed by atoms with van der Waals surface area (Å²) in [6, 6.07) is 18.8. The average molecular weight is 318 g/mol. The van der Waals surface area contributed by atoms with E-state index in [1.807, 2.05) is 62.4 Å². The van der Waals surface area contributed by atoms with Crippen LogP contribution in [0.4, 0.5) is 0 Å². The van der Waals surface area contributed by atoms with Gasteiger partial charge < -0.3 is 10.2 Å². The van der Waals surface area contributed by atoms with Crippen molar-refractivity contribution >= 4 is 21.8 Å². The summed E-state index contributed by atoms with van der Waals surface area (Å²) in [4.78, 5) is 13.7. The molecule has 0 saturated carbocycles. The number of benzene rings is 2. The minimum Gasteiger partial charge on any atom is -0.618 e. The van der Waals surface area contributed by atoms with Crippen molar-refractivity contribution < 1.29 is 4.73 Å². The van der Waals surface area contributed by atoms with E-state index in [1.165, 1.54) is 17.3 Å². The molecule has 0 aliphatic heterocycles. The van der Waals surface area contributed by atoms with Crippen LogP contribution in [0, 0.1) is 19.1 Å². The van der Waals surface area contributed by atoms with Gasteiger partial charge >= 0.3 is 0 Å².